The van der Waals surface area contributed by atoms with E-state index in [4.69, 9.17) is 5.73 Å². The molecule has 3 N–H and O–H groups in total. The number of primary amides is 1. The highest BCUT2D eigenvalue weighted by Crippen LogP contribution is 2.26. The molecule has 1 saturated heterocycles. The average molecular weight is 357 g/mol. The normalized spacial score (nSPS) is 17.7. The summed E-state index contributed by atoms with van der Waals surface area (Å²) < 4.78 is 0. The zero-order valence-electron chi connectivity index (χ0n) is 13.8. The molecule has 1 fully saturated rings. The summed E-state index contributed by atoms with van der Waals surface area (Å²) in [6.07, 6.45) is 0.318. The molecule has 130 valence electrons. The Labute approximate surface area is 149 Å². The lowest BCUT2D eigenvalue weighted by atomic mass is 10.1. The number of carbonyl (C=O) groups excluding carboxylic acids is 3. The maximum atomic E-state index is 12.7. The molecule has 3 amide bonds. The quantitative estimate of drug-likeness (QED) is 0.878. The largest absolute Gasteiger partial charge is 0.365 e. The first-order valence-corrected chi connectivity index (χ1v) is 8.90. The van der Waals surface area contributed by atoms with Crippen LogP contribution in [0.2, 0.25) is 0 Å². The summed E-state index contributed by atoms with van der Waals surface area (Å²) in [5.74, 6) is -0.555. The molecule has 1 aromatic carbocycles. The highest BCUT2D eigenvalue weighted by Gasteiger charge is 2.25. The fraction of sp³-hybridized carbons (Fsp3) is 0.278. The first kappa shape index (κ1) is 17.2. The number of nitrogens with zero attached hydrogens (tertiary/aromatic N) is 1. The molecule has 2 aromatic rings. The molecule has 1 aliphatic rings. The van der Waals surface area contributed by atoms with E-state index in [1.165, 1.54) is 11.3 Å². The minimum Gasteiger partial charge on any atom is -0.365 e. The molecule has 0 aliphatic carbocycles. The molecule has 0 spiro atoms. The number of hydrogen-bond donors (Lipinski definition) is 2. The highest BCUT2D eigenvalue weighted by molar-refractivity contribution is 7.12. The third kappa shape index (κ3) is 3.71. The molecule has 1 aliphatic heterocycles. The molecule has 0 saturated carbocycles. The molecule has 1 aromatic heterocycles. The van der Waals surface area contributed by atoms with Crippen LogP contribution in [0.5, 0.6) is 0 Å². The van der Waals surface area contributed by atoms with Crippen molar-refractivity contribution in [1.29, 1.82) is 0 Å². The van der Waals surface area contributed by atoms with Crippen LogP contribution in [0.4, 0.5) is 0 Å². The van der Waals surface area contributed by atoms with E-state index in [2.05, 4.69) is 5.32 Å². The van der Waals surface area contributed by atoms with Crippen molar-refractivity contribution in [2.45, 2.75) is 19.4 Å². The number of hydrogen-bond acceptors (Lipinski definition) is 4. The van der Waals surface area contributed by atoms with Crippen molar-refractivity contribution in [3.8, 4) is 11.1 Å². The summed E-state index contributed by atoms with van der Waals surface area (Å²) in [7, 11) is 0. The molecule has 6 nitrogen and oxygen atoms in total. The molecule has 0 radical (unpaired) electrons. The van der Waals surface area contributed by atoms with Crippen molar-refractivity contribution in [1.82, 2.24) is 10.2 Å². The number of amides is 3. The van der Waals surface area contributed by atoms with E-state index in [0.717, 1.165) is 11.1 Å². The number of rotatable bonds is 3. The van der Waals surface area contributed by atoms with Gasteiger partial charge in [-0.2, -0.15) is 0 Å². The van der Waals surface area contributed by atoms with Crippen LogP contribution in [-0.2, 0) is 4.79 Å². The van der Waals surface area contributed by atoms with Gasteiger partial charge in [0.2, 0.25) is 5.91 Å². The van der Waals surface area contributed by atoms with Gasteiger partial charge in [0.25, 0.3) is 11.8 Å². The lowest BCUT2D eigenvalue weighted by Crippen LogP contribution is -2.41. The predicted molar refractivity (Wildman–Crippen MR) is 96.4 cm³/mol. The Bertz CT molecular complexity index is 813. The van der Waals surface area contributed by atoms with Crippen LogP contribution in [0.1, 0.15) is 33.4 Å². The summed E-state index contributed by atoms with van der Waals surface area (Å²) >= 11 is 1.30. The van der Waals surface area contributed by atoms with Crippen LogP contribution in [0, 0.1) is 0 Å². The molecule has 25 heavy (non-hydrogen) atoms. The Hall–Kier alpha value is -2.67. The van der Waals surface area contributed by atoms with E-state index in [9.17, 15) is 14.4 Å². The zero-order valence-corrected chi connectivity index (χ0v) is 14.6. The van der Waals surface area contributed by atoms with Crippen molar-refractivity contribution in [3.05, 3.63) is 46.2 Å². The molecule has 7 heteroatoms. The molecule has 3 rings (SSSR count). The van der Waals surface area contributed by atoms with Gasteiger partial charge in [-0.15, -0.1) is 11.3 Å². The van der Waals surface area contributed by atoms with Crippen LogP contribution in [0.25, 0.3) is 11.1 Å². The number of carbonyl (C=O) groups is 3. The number of benzene rings is 1. The second kappa shape index (κ2) is 7.06. The Kier molecular flexibility index (Phi) is 4.85. The van der Waals surface area contributed by atoms with Gasteiger partial charge in [0.15, 0.2) is 0 Å². The summed E-state index contributed by atoms with van der Waals surface area (Å²) in [5, 5.41) is 4.67. The van der Waals surface area contributed by atoms with E-state index < -0.39 is 5.91 Å². The lowest BCUT2D eigenvalue weighted by Gasteiger charge is -2.26. The van der Waals surface area contributed by atoms with Gasteiger partial charge >= 0.3 is 0 Å². The van der Waals surface area contributed by atoms with Gasteiger partial charge in [-0.3, -0.25) is 14.4 Å². The number of thiophene rings is 1. The Morgan fingerprint density at radius 3 is 2.60 bits per heavy atom. The maximum Gasteiger partial charge on any atom is 0.258 e. The molecule has 0 bridgehead atoms. The minimum absolute atomic E-state index is 0.0276. The molecule has 2 heterocycles. The zero-order chi connectivity index (χ0) is 18.0. The Morgan fingerprint density at radius 2 is 1.96 bits per heavy atom. The van der Waals surface area contributed by atoms with Gasteiger partial charge in [0, 0.05) is 31.1 Å². The Balaban J connectivity index is 1.78. The van der Waals surface area contributed by atoms with Crippen molar-refractivity contribution in [3.63, 3.8) is 0 Å². The second-order valence-corrected chi connectivity index (χ2v) is 6.95. The molecular weight excluding hydrogens is 338 g/mol. The van der Waals surface area contributed by atoms with Crippen molar-refractivity contribution in [2.75, 3.05) is 13.1 Å². The van der Waals surface area contributed by atoms with Gasteiger partial charge in [0.05, 0.1) is 4.88 Å². The van der Waals surface area contributed by atoms with Gasteiger partial charge in [-0.1, -0.05) is 12.1 Å². The van der Waals surface area contributed by atoms with Crippen LogP contribution < -0.4 is 11.1 Å². The van der Waals surface area contributed by atoms with E-state index in [0.29, 0.717) is 30.0 Å². The lowest BCUT2D eigenvalue weighted by molar-refractivity contribution is -0.120. The smallest absolute Gasteiger partial charge is 0.258 e. The first-order valence-electron chi connectivity index (χ1n) is 8.02. The van der Waals surface area contributed by atoms with E-state index in [1.807, 2.05) is 24.4 Å². The summed E-state index contributed by atoms with van der Waals surface area (Å²) in [6, 6.07) is 8.95. The molecular formula is C18H19N3O3S. The van der Waals surface area contributed by atoms with Gasteiger partial charge in [-0.05, 0) is 41.6 Å². The molecule has 0 unspecified atom stereocenters. The van der Waals surface area contributed by atoms with Gasteiger partial charge in [0.1, 0.15) is 0 Å². The van der Waals surface area contributed by atoms with Crippen molar-refractivity contribution < 1.29 is 14.4 Å². The van der Waals surface area contributed by atoms with Crippen LogP contribution in [0.3, 0.4) is 0 Å². The summed E-state index contributed by atoms with van der Waals surface area (Å²) in [6.45, 7) is 2.81. The maximum absolute atomic E-state index is 12.7. The van der Waals surface area contributed by atoms with E-state index in [-0.39, 0.29) is 17.9 Å². The second-order valence-electron chi connectivity index (χ2n) is 6.04. The Morgan fingerprint density at radius 1 is 1.24 bits per heavy atom. The standard InChI is InChI=1S/C18H19N3O3S/c1-11-9-20-16(22)6-7-21(11)18(24)13-4-2-12(3-5-13)14-8-15(17(19)23)25-10-14/h2-5,8,10-11H,6-7,9H2,1H3,(H2,19,23)(H,20,22)/t11-/m0/s1. The topological polar surface area (TPSA) is 92.5 Å². The fourth-order valence-electron chi connectivity index (χ4n) is 2.79. The average Bonchev–Trinajstić information content (AvgIpc) is 3.04. The third-order valence-electron chi connectivity index (χ3n) is 4.27. The SMILES string of the molecule is C[C@H]1CNC(=O)CCN1C(=O)c1ccc(-c2csc(C(N)=O)c2)cc1. The predicted octanol–water partition coefficient (Wildman–Crippen LogP) is 1.86. The minimum atomic E-state index is -0.443. The van der Waals surface area contributed by atoms with Crippen molar-refractivity contribution >= 4 is 29.1 Å². The third-order valence-corrected chi connectivity index (χ3v) is 5.22. The number of nitrogens with one attached hydrogen (secondary N) is 1. The summed E-state index contributed by atoms with van der Waals surface area (Å²) in [5.41, 5.74) is 7.67. The van der Waals surface area contributed by atoms with Crippen LogP contribution in [-0.4, -0.2) is 41.8 Å². The fourth-order valence-corrected chi connectivity index (χ4v) is 3.56. The van der Waals surface area contributed by atoms with Gasteiger partial charge in [-0.25, -0.2) is 0 Å². The van der Waals surface area contributed by atoms with Crippen molar-refractivity contribution in [2.24, 2.45) is 5.73 Å². The first-order chi connectivity index (χ1) is 12.0. The molecule has 1 atom stereocenters. The van der Waals surface area contributed by atoms with E-state index in [1.54, 1.807) is 23.1 Å². The van der Waals surface area contributed by atoms with Gasteiger partial charge < -0.3 is 16.0 Å². The van der Waals surface area contributed by atoms with E-state index >= 15 is 0 Å². The highest BCUT2D eigenvalue weighted by atomic mass is 32.1. The summed E-state index contributed by atoms with van der Waals surface area (Å²) in [4.78, 5) is 37.7. The monoisotopic (exact) mass is 357 g/mol. The van der Waals surface area contributed by atoms with Crippen LogP contribution >= 0.6 is 11.3 Å². The number of nitrogens with two attached hydrogens (primary N) is 1. The van der Waals surface area contributed by atoms with Crippen LogP contribution in [0.15, 0.2) is 35.7 Å².